The van der Waals surface area contributed by atoms with Gasteiger partial charge in [0.25, 0.3) is 5.91 Å². The molecule has 1 amide bonds. The Labute approximate surface area is 113 Å². The first-order valence-electron chi connectivity index (χ1n) is 6.51. The van der Waals surface area contributed by atoms with Gasteiger partial charge in [-0.15, -0.1) is 11.6 Å². The van der Waals surface area contributed by atoms with Crippen molar-refractivity contribution in [3.8, 4) is 0 Å². The number of hydrogen-bond donors (Lipinski definition) is 0. The number of aryl methyl sites for hydroxylation is 1. The van der Waals surface area contributed by atoms with Crippen LogP contribution < -0.4 is 0 Å². The molecule has 4 heteroatoms. The molecule has 0 unspecified atom stereocenters. The number of pyridine rings is 1. The van der Waals surface area contributed by atoms with Crippen LogP contribution in [-0.2, 0) is 0 Å². The van der Waals surface area contributed by atoms with Crippen molar-refractivity contribution in [2.24, 2.45) is 0 Å². The summed E-state index contributed by atoms with van der Waals surface area (Å²) in [5, 5.41) is 0. The zero-order valence-corrected chi connectivity index (χ0v) is 11.5. The molecule has 1 aliphatic carbocycles. The Balaban J connectivity index is 2.17. The molecule has 0 saturated heterocycles. The van der Waals surface area contributed by atoms with E-state index in [9.17, 15) is 4.79 Å². The molecule has 1 aromatic heterocycles. The lowest BCUT2D eigenvalue weighted by Crippen LogP contribution is -2.40. The number of hydrogen-bond acceptors (Lipinski definition) is 2. The molecule has 98 valence electrons. The van der Waals surface area contributed by atoms with Gasteiger partial charge in [0.05, 0.1) is 5.56 Å². The van der Waals surface area contributed by atoms with E-state index in [1.54, 1.807) is 12.4 Å². The molecule has 0 aromatic carbocycles. The van der Waals surface area contributed by atoms with E-state index in [1.807, 2.05) is 17.9 Å². The quantitative estimate of drug-likeness (QED) is 0.785. The summed E-state index contributed by atoms with van der Waals surface area (Å²) in [6, 6.07) is 2.25. The highest BCUT2D eigenvalue weighted by Crippen LogP contribution is 2.24. The van der Waals surface area contributed by atoms with Gasteiger partial charge >= 0.3 is 0 Å². The third-order valence-electron chi connectivity index (χ3n) is 3.47. The molecule has 1 aliphatic rings. The minimum Gasteiger partial charge on any atom is -0.334 e. The molecule has 0 radical (unpaired) electrons. The fourth-order valence-corrected chi connectivity index (χ4v) is 2.78. The molecule has 0 N–H and O–H groups in total. The Hall–Kier alpha value is -1.09. The topological polar surface area (TPSA) is 33.2 Å². The average Bonchev–Trinajstić information content (AvgIpc) is 2.89. The van der Waals surface area contributed by atoms with Gasteiger partial charge in [-0.1, -0.05) is 12.8 Å². The molecular weight excluding hydrogens is 248 g/mol. The van der Waals surface area contributed by atoms with Crippen LogP contribution in [0.25, 0.3) is 0 Å². The molecule has 1 fully saturated rings. The summed E-state index contributed by atoms with van der Waals surface area (Å²) in [4.78, 5) is 18.5. The first kappa shape index (κ1) is 13.3. The lowest BCUT2D eigenvalue weighted by atomic mass is 10.1. The van der Waals surface area contributed by atoms with Crippen LogP contribution in [0.5, 0.6) is 0 Å². The standard InChI is InChI=1S/C14H19ClN2O/c1-11-8-12(10-16-9-11)14(18)17(7-6-15)13-4-2-3-5-13/h8-10,13H,2-7H2,1H3. The molecule has 3 nitrogen and oxygen atoms in total. The number of amides is 1. The van der Waals surface area contributed by atoms with Crippen molar-refractivity contribution in [3.05, 3.63) is 29.6 Å². The van der Waals surface area contributed by atoms with E-state index in [-0.39, 0.29) is 5.91 Å². The Morgan fingerprint density at radius 3 is 2.78 bits per heavy atom. The number of carbonyl (C=O) groups excluding carboxylic acids is 1. The zero-order chi connectivity index (χ0) is 13.0. The SMILES string of the molecule is Cc1cncc(C(=O)N(CCCl)C2CCCC2)c1. The molecule has 2 rings (SSSR count). The Kier molecular flexibility index (Phi) is 4.59. The number of alkyl halides is 1. The summed E-state index contributed by atoms with van der Waals surface area (Å²) < 4.78 is 0. The largest absolute Gasteiger partial charge is 0.334 e. The van der Waals surface area contributed by atoms with E-state index < -0.39 is 0 Å². The second kappa shape index (κ2) is 6.19. The van der Waals surface area contributed by atoms with E-state index in [1.165, 1.54) is 12.8 Å². The van der Waals surface area contributed by atoms with Gasteiger partial charge in [-0.2, -0.15) is 0 Å². The molecule has 1 aromatic rings. The average molecular weight is 267 g/mol. The van der Waals surface area contributed by atoms with Crippen molar-refractivity contribution in [1.82, 2.24) is 9.88 Å². The van der Waals surface area contributed by atoms with Crippen LogP contribution in [0.1, 0.15) is 41.6 Å². The maximum absolute atomic E-state index is 12.5. The second-order valence-corrected chi connectivity index (χ2v) is 5.25. The van der Waals surface area contributed by atoms with Gasteiger partial charge in [0.1, 0.15) is 0 Å². The summed E-state index contributed by atoms with van der Waals surface area (Å²) >= 11 is 5.83. The molecule has 0 atom stereocenters. The third-order valence-corrected chi connectivity index (χ3v) is 3.64. The summed E-state index contributed by atoms with van der Waals surface area (Å²) in [6.45, 7) is 2.57. The number of carbonyl (C=O) groups is 1. The van der Waals surface area contributed by atoms with Crippen molar-refractivity contribution in [3.63, 3.8) is 0 Å². The first-order valence-corrected chi connectivity index (χ1v) is 7.04. The number of nitrogens with zero attached hydrogens (tertiary/aromatic N) is 2. The van der Waals surface area contributed by atoms with Gasteiger partial charge in [0.2, 0.25) is 0 Å². The van der Waals surface area contributed by atoms with Gasteiger partial charge in [-0.25, -0.2) is 0 Å². The van der Waals surface area contributed by atoms with Crippen LogP contribution in [-0.4, -0.2) is 34.3 Å². The maximum atomic E-state index is 12.5. The van der Waals surface area contributed by atoms with E-state index in [0.717, 1.165) is 18.4 Å². The van der Waals surface area contributed by atoms with Crippen LogP contribution in [0, 0.1) is 6.92 Å². The summed E-state index contributed by atoms with van der Waals surface area (Å²) in [5.41, 5.74) is 1.69. The van der Waals surface area contributed by atoms with Crippen LogP contribution >= 0.6 is 11.6 Å². The summed E-state index contributed by atoms with van der Waals surface area (Å²) in [6.07, 6.45) is 8.03. The van der Waals surface area contributed by atoms with E-state index in [2.05, 4.69) is 4.98 Å². The van der Waals surface area contributed by atoms with Gasteiger partial charge in [-0.3, -0.25) is 9.78 Å². The molecular formula is C14H19ClN2O. The molecule has 0 spiro atoms. The fraction of sp³-hybridized carbons (Fsp3) is 0.571. The fourth-order valence-electron chi connectivity index (χ4n) is 2.59. The number of aromatic nitrogens is 1. The van der Waals surface area contributed by atoms with Crippen molar-refractivity contribution in [2.45, 2.75) is 38.6 Å². The van der Waals surface area contributed by atoms with Gasteiger partial charge in [0, 0.05) is 30.9 Å². The summed E-state index contributed by atoms with van der Waals surface area (Å²) in [5.74, 6) is 0.556. The lowest BCUT2D eigenvalue weighted by molar-refractivity contribution is 0.0694. The number of rotatable bonds is 4. The maximum Gasteiger partial charge on any atom is 0.255 e. The van der Waals surface area contributed by atoms with Gasteiger partial charge in [-0.05, 0) is 31.4 Å². The molecule has 1 saturated carbocycles. The minimum atomic E-state index is 0.0683. The molecule has 0 aliphatic heterocycles. The van der Waals surface area contributed by atoms with E-state index in [4.69, 9.17) is 11.6 Å². The van der Waals surface area contributed by atoms with E-state index in [0.29, 0.717) is 24.0 Å². The van der Waals surface area contributed by atoms with Crippen LogP contribution in [0.2, 0.25) is 0 Å². The Bertz CT molecular complexity index is 416. The highest BCUT2D eigenvalue weighted by Gasteiger charge is 2.27. The smallest absolute Gasteiger partial charge is 0.255 e. The predicted molar refractivity (Wildman–Crippen MR) is 73.0 cm³/mol. The lowest BCUT2D eigenvalue weighted by Gasteiger charge is -2.28. The highest BCUT2D eigenvalue weighted by molar-refractivity contribution is 6.18. The monoisotopic (exact) mass is 266 g/mol. The van der Waals surface area contributed by atoms with Gasteiger partial charge < -0.3 is 4.90 Å². The minimum absolute atomic E-state index is 0.0683. The Morgan fingerprint density at radius 1 is 1.44 bits per heavy atom. The van der Waals surface area contributed by atoms with Crippen molar-refractivity contribution in [2.75, 3.05) is 12.4 Å². The van der Waals surface area contributed by atoms with Gasteiger partial charge in [0.15, 0.2) is 0 Å². The Morgan fingerprint density at radius 2 is 2.17 bits per heavy atom. The van der Waals surface area contributed by atoms with Crippen LogP contribution in [0.4, 0.5) is 0 Å². The normalized spacial score (nSPS) is 15.9. The zero-order valence-electron chi connectivity index (χ0n) is 10.7. The third kappa shape index (κ3) is 3.02. The van der Waals surface area contributed by atoms with Crippen molar-refractivity contribution >= 4 is 17.5 Å². The molecule has 0 bridgehead atoms. The molecule has 1 heterocycles. The molecule has 18 heavy (non-hydrogen) atoms. The van der Waals surface area contributed by atoms with Crippen molar-refractivity contribution < 1.29 is 4.79 Å². The van der Waals surface area contributed by atoms with Crippen molar-refractivity contribution in [1.29, 1.82) is 0 Å². The van der Waals surface area contributed by atoms with Crippen LogP contribution in [0.15, 0.2) is 18.5 Å². The number of halogens is 1. The first-order chi connectivity index (χ1) is 8.72. The second-order valence-electron chi connectivity index (χ2n) is 4.88. The highest BCUT2D eigenvalue weighted by atomic mass is 35.5. The summed E-state index contributed by atoms with van der Waals surface area (Å²) in [7, 11) is 0. The van der Waals surface area contributed by atoms with E-state index >= 15 is 0 Å². The van der Waals surface area contributed by atoms with Crippen LogP contribution in [0.3, 0.4) is 0 Å². The predicted octanol–water partition coefficient (Wildman–Crippen LogP) is 3.01.